The first-order valence-electron chi connectivity index (χ1n) is 6.23. The van der Waals surface area contributed by atoms with E-state index in [4.69, 9.17) is 10.5 Å². The van der Waals surface area contributed by atoms with Crippen LogP contribution in [0.4, 0.5) is 5.69 Å². The van der Waals surface area contributed by atoms with E-state index < -0.39 is 0 Å². The highest BCUT2D eigenvalue weighted by molar-refractivity contribution is 5.46. The molecular formula is C15H19N3. The number of hydrogen-bond donors (Lipinski definition) is 1. The molecule has 0 unspecified atom stereocenters. The molecule has 0 bridgehead atoms. The lowest BCUT2D eigenvalue weighted by molar-refractivity contribution is 0.430. The molecule has 0 saturated carbocycles. The Morgan fingerprint density at radius 3 is 2.33 bits per heavy atom. The van der Waals surface area contributed by atoms with E-state index in [0.29, 0.717) is 5.56 Å². The summed E-state index contributed by atoms with van der Waals surface area (Å²) in [6.45, 7) is 4.84. The van der Waals surface area contributed by atoms with E-state index in [1.165, 1.54) is 0 Å². The molecule has 0 spiro atoms. The number of nitrogens with zero attached hydrogens (tertiary/aromatic N) is 2. The lowest BCUT2D eigenvalue weighted by Gasteiger charge is -2.14. The van der Waals surface area contributed by atoms with Crippen LogP contribution >= 0.6 is 0 Å². The Labute approximate surface area is 109 Å². The smallest absolute Gasteiger partial charge is 0.0991 e. The van der Waals surface area contributed by atoms with Crippen molar-refractivity contribution >= 4 is 5.69 Å². The third kappa shape index (κ3) is 4.89. The summed E-state index contributed by atoms with van der Waals surface area (Å²) < 4.78 is 0. The van der Waals surface area contributed by atoms with Crippen LogP contribution in [0.3, 0.4) is 0 Å². The Morgan fingerprint density at radius 1 is 1.11 bits per heavy atom. The van der Waals surface area contributed by atoms with E-state index in [-0.39, 0.29) is 5.41 Å². The van der Waals surface area contributed by atoms with Gasteiger partial charge in [0.2, 0.25) is 0 Å². The van der Waals surface area contributed by atoms with Crippen LogP contribution in [0.5, 0.6) is 0 Å². The molecule has 0 heterocycles. The summed E-state index contributed by atoms with van der Waals surface area (Å²) in [4.78, 5) is 0. The summed E-state index contributed by atoms with van der Waals surface area (Å²) in [7, 11) is 0. The van der Waals surface area contributed by atoms with Gasteiger partial charge in [-0.05, 0) is 51.0 Å². The fraction of sp³-hybridized carbons (Fsp3) is 0.467. The van der Waals surface area contributed by atoms with E-state index in [1.807, 2.05) is 26.0 Å². The second-order valence-corrected chi connectivity index (χ2v) is 5.07. The van der Waals surface area contributed by atoms with Crippen LogP contribution in [0.1, 0.15) is 38.7 Å². The maximum absolute atomic E-state index is 8.89. The molecule has 18 heavy (non-hydrogen) atoms. The molecule has 0 aliphatic carbocycles. The van der Waals surface area contributed by atoms with Gasteiger partial charge in [0.15, 0.2) is 0 Å². The maximum Gasteiger partial charge on any atom is 0.0991 e. The van der Waals surface area contributed by atoms with Crippen LogP contribution in [0, 0.1) is 28.1 Å². The molecule has 0 saturated heterocycles. The van der Waals surface area contributed by atoms with Gasteiger partial charge in [-0.3, -0.25) is 0 Å². The number of rotatable bonds is 6. The van der Waals surface area contributed by atoms with Crippen molar-refractivity contribution in [2.45, 2.75) is 33.1 Å². The van der Waals surface area contributed by atoms with Crippen LogP contribution in [0.15, 0.2) is 24.3 Å². The molecule has 0 fully saturated rings. The first-order valence-corrected chi connectivity index (χ1v) is 6.23. The molecule has 0 aromatic heterocycles. The molecule has 1 aromatic rings. The Hall–Kier alpha value is -2.00. The Kier molecular flexibility index (Phi) is 5.21. The summed E-state index contributed by atoms with van der Waals surface area (Å²) in [5.74, 6) is 0. The summed E-state index contributed by atoms with van der Waals surface area (Å²) in [6, 6.07) is 11.8. The molecule has 94 valence electrons. The largest absolute Gasteiger partial charge is 0.385 e. The van der Waals surface area contributed by atoms with Gasteiger partial charge < -0.3 is 5.32 Å². The van der Waals surface area contributed by atoms with Crippen molar-refractivity contribution in [3.05, 3.63) is 29.8 Å². The highest BCUT2D eigenvalue weighted by Gasteiger charge is 2.15. The van der Waals surface area contributed by atoms with Crippen molar-refractivity contribution in [1.82, 2.24) is 0 Å². The summed E-state index contributed by atoms with van der Waals surface area (Å²) >= 11 is 0. The Bertz CT molecular complexity index is 446. The van der Waals surface area contributed by atoms with Gasteiger partial charge >= 0.3 is 0 Å². The number of nitriles is 2. The molecule has 0 atom stereocenters. The first-order chi connectivity index (χ1) is 8.57. The van der Waals surface area contributed by atoms with Crippen LogP contribution in [0.25, 0.3) is 0 Å². The fourth-order valence-corrected chi connectivity index (χ4v) is 1.64. The van der Waals surface area contributed by atoms with E-state index in [1.54, 1.807) is 12.1 Å². The number of nitrogens with one attached hydrogen (secondary N) is 1. The molecule has 3 heteroatoms. The van der Waals surface area contributed by atoms with Gasteiger partial charge in [-0.1, -0.05) is 6.42 Å². The van der Waals surface area contributed by atoms with E-state index in [2.05, 4.69) is 17.5 Å². The molecule has 1 aromatic carbocycles. The minimum absolute atomic E-state index is 0.214. The summed E-state index contributed by atoms with van der Waals surface area (Å²) in [5, 5.41) is 20.9. The third-order valence-electron chi connectivity index (χ3n) is 2.87. The molecule has 0 aliphatic rings. The van der Waals surface area contributed by atoms with Crippen molar-refractivity contribution in [2.24, 2.45) is 5.41 Å². The topological polar surface area (TPSA) is 59.6 Å². The molecule has 1 rings (SSSR count). The van der Waals surface area contributed by atoms with E-state index >= 15 is 0 Å². The SMILES string of the molecule is CC(C)(C#N)CCCCNc1ccc(C#N)cc1. The molecule has 0 amide bonds. The maximum atomic E-state index is 8.89. The van der Waals surface area contributed by atoms with Gasteiger partial charge in [0.25, 0.3) is 0 Å². The van der Waals surface area contributed by atoms with Gasteiger partial charge in [-0.2, -0.15) is 10.5 Å². The Morgan fingerprint density at radius 2 is 1.78 bits per heavy atom. The predicted molar refractivity (Wildman–Crippen MR) is 72.9 cm³/mol. The quantitative estimate of drug-likeness (QED) is 0.773. The van der Waals surface area contributed by atoms with E-state index in [9.17, 15) is 0 Å². The lowest BCUT2D eigenvalue weighted by Crippen LogP contribution is -2.09. The van der Waals surface area contributed by atoms with E-state index in [0.717, 1.165) is 31.5 Å². The van der Waals surface area contributed by atoms with Gasteiger partial charge in [0.1, 0.15) is 0 Å². The molecule has 0 aliphatic heterocycles. The van der Waals surface area contributed by atoms with Crippen molar-refractivity contribution in [1.29, 1.82) is 10.5 Å². The number of anilines is 1. The molecule has 0 radical (unpaired) electrons. The first kappa shape index (κ1) is 14.1. The van der Waals surface area contributed by atoms with Gasteiger partial charge in [0.05, 0.1) is 23.1 Å². The van der Waals surface area contributed by atoms with Gasteiger partial charge in [-0.15, -0.1) is 0 Å². The zero-order valence-electron chi connectivity index (χ0n) is 11.0. The van der Waals surface area contributed by atoms with Crippen molar-refractivity contribution in [3.8, 4) is 12.1 Å². The van der Waals surface area contributed by atoms with Crippen molar-refractivity contribution in [3.63, 3.8) is 0 Å². The lowest BCUT2D eigenvalue weighted by atomic mass is 9.89. The van der Waals surface area contributed by atoms with Crippen molar-refractivity contribution < 1.29 is 0 Å². The second kappa shape index (κ2) is 6.67. The average Bonchev–Trinajstić information content (AvgIpc) is 2.39. The standard InChI is InChI=1S/C15H19N3/c1-15(2,12-17)9-3-4-10-18-14-7-5-13(11-16)6-8-14/h5-8,18H,3-4,9-10H2,1-2H3. The number of unbranched alkanes of at least 4 members (excludes halogenated alkanes) is 1. The molecule has 3 nitrogen and oxygen atoms in total. The minimum atomic E-state index is -0.214. The van der Waals surface area contributed by atoms with Crippen LogP contribution in [0.2, 0.25) is 0 Å². The van der Waals surface area contributed by atoms with Crippen molar-refractivity contribution in [2.75, 3.05) is 11.9 Å². The predicted octanol–water partition coefficient (Wildman–Crippen LogP) is 3.69. The Balaban J connectivity index is 2.22. The van der Waals surface area contributed by atoms with Gasteiger partial charge in [0, 0.05) is 12.2 Å². The monoisotopic (exact) mass is 241 g/mol. The zero-order chi connectivity index (χ0) is 13.4. The second-order valence-electron chi connectivity index (χ2n) is 5.07. The fourth-order valence-electron chi connectivity index (χ4n) is 1.64. The number of benzene rings is 1. The highest BCUT2D eigenvalue weighted by Crippen LogP contribution is 2.21. The summed E-state index contributed by atoms with van der Waals surface area (Å²) in [6.07, 6.45) is 3.02. The highest BCUT2D eigenvalue weighted by atomic mass is 14.9. The number of hydrogen-bond acceptors (Lipinski definition) is 3. The third-order valence-corrected chi connectivity index (χ3v) is 2.87. The molecular weight excluding hydrogens is 222 g/mol. The zero-order valence-corrected chi connectivity index (χ0v) is 11.0. The van der Waals surface area contributed by atoms with Gasteiger partial charge in [-0.25, -0.2) is 0 Å². The summed E-state index contributed by atoms with van der Waals surface area (Å²) in [5.41, 5.74) is 1.50. The van der Waals surface area contributed by atoms with Crippen LogP contribution in [-0.2, 0) is 0 Å². The molecule has 1 N–H and O–H groups in total. The average molecular weight is 241 g/mol. The normalized spacial score (nSPS) is 10.4. The van der Waals surface area contributed by atoms with Crippen LogP contribution < -0.4 is 5.32 Å². The minimum Gasteiger partial charge on any atom is -0.385 e. The van der Waals surface area contributed by atoms with Crippen LogP contribution in [-0.4, -0.2) is 6.54 Å².